The highest BCUT2D eigenvalue weighted by molar-refractivity contribution is 5.57. The Morgan fingerprint density at radius 3 is 2.82 bits per heavy atom. The highest BCUT2D eigenvalue weighted by Gasteiger charge is 2.31. The number of hydrogen-bond donors (Lipinski definition) is 1. The molecule has 1 N–H and O–H groups in total. The van der Waals surface area contributed by atoms with Crippen molar-refractivity contribution in [1.82, 2.24) is 0 Å². The van der Waals surface area contributed by atoms with E-state index in [1.807, 2.05) is 0 Å². The first-order chi connectivity index (χ1) is 8.25. The molecule has 0 radical (unpaired) electrons. The third-order valence-electron chi connectivity index (χ3n) is 4.61. The molecule has 1 saturated carbocycles. The quantitative estimate of drug-likeness (QED) is 0.747. The van der Waals surface area contributed by atoms with Gasteiger partial charge in [0.05, 0.1) is 0 Å². The number of fused-ring (bicyclic) bond motifs is 3. The predicted molar refractivity (Wildman–Crippen MR) is 73.7 cm³/mol. The number of nitrogens with one attached hydrogen (secondary N) is 1. The summed E-state index contributed by atoms with van der Waals surface area (Å²) < 4.78 is 0. The van der Waals surface area contributed by atoms with Gasteiger partial charge in [0.2, 0.25) is 0 Å². The van der Waals surface area contributed by atoms with E-state index < -0.39 is 0 Å². The van der Waals surface area contributed by atoms with Crippen LogP contribution in [0.1, 0.15) is 62.5 Å². The predicted octanol–water partition coefficient (Wildman–Crippen LogP) is 4.51. The van der Waals surface area contributed by atoms with E-state index in [-0.39, 0.29) is 0 Å². The molecule has 0 saturated heterocycles. The zero-order valence-corrected chi connectivity index (χ0v) is 11.0. The van der Waals surface area contributed by atoms with E-state index >= 15 is 0 Å². The molecule has 2 aliphatic rings. The molecule has 0 bridgehead atoms. The van der Waals surface area contributed by atoms with Crippen LogP contribution in [-0.2, 0) is 0 Å². The van der Waals surface area contributed by atoms with Crippen LogP contribution in [0.25, 0.3) is 0 Å². The first kappa shape index (κ1) is 11.1. The molecule has 0 aromatic heterocycles. The van der Waals surface area contributed by atoms with Crippen LogP contribution in [0.2, 0.25) is 0 Å². The average molecular weight is 229 g/mol. The van der Waals surface area contributed by atoms with Gasteiger partial charge in [-0.15, -0.1) is 0 Å². The third kappa shape index (κ3) is 1.96. The summed E-state index contributed by atoms with van der Waals surface area (Å²) in [6, 6.07) is 7.06. The van der Waals surface area contributed by atoms with Gasteiger partial charge in [0, 0.05) is 12.2 Å². The summed E-state index contributed by atoms with van der Waals surface area (Å²) in [5, 5.41) is 3.63. The SMILES string of the molecule is CC(C)c1ccc2c(c1)C1CCCCC1CN2. The van der Waals surface area contributed by atoms with E-state index in [0.717, 1.165) is 11.8 Å². The molecule has 1 nitrogen and oxygen atoms in total. The minimum absolute atomic E-state index is 0.643. The molecule has 1 heteroatoms. The summed E-state index contributed by atoms with van der Waals surface area (Å²) in [7, 11) is 0. The minimum atomic E-state index is 0.643. The molecule has 1 fully saturated rings. The van der Waals surface area contributed by atoms with Crippen LogP contribution in [0.15, 0.2) is 18.2 Å². The number of benzene rings is 1. The van der Waals surface area contributed by atoms with Gasteiger partial charge in [0.15, 0.2) is 0 Å². The molecule has 0 spiro atoms. The minimum Gasteiger partial charge on any atom is -0.385 e. The lowest BCUT2D eigenvalue weighted by molar-refractivity contribution is 0.313. The van der Waals surface area contributed by atoms with E-state index in [9.17, 15) is 0 Å². The zero-order valence-electron chi connectivity index (χ0n) is 11.0. The first-order valence-corrected chi connectivity index (χ1v) is 7.13. The highest BCUT2D eigenvalue weighted by Crippen LogP contribution is 2.44. The number of anilines is 1. The summed E-state index contributed by atoms with van der Waals surface area (Å²) in [4.78, 5) is 0. The van der Waals surface area contributed by atoms with Gasteiger partial charge in [-0.05, 0) is 47.8 Å². The Morgan fingerprint density at radius 2 is 2.00 bits per heavy atom. The van der Waals surface area contributed by atoms with Crippen LogP contribution in [0.3, 0.4) is 0 Å². The van der Waals surface area contributed by atoms with Crippen LogP contribution in [0.4, 0.5) is 5.69 Å². The van der Waals surface area contributed by atoms with Crippen molar-refractivity contribution < 1.29 is 0 Å². The summed E-state index contributed by atoms with van der Waals surface area (Å²) in [5.74, 6) is 2.36. The molecule has 2 unspecified atom stereocenters. The first-order valence-electron chi connectivity index (χ1n) is 7.13. The Balaban J connectivity index is 1.98. The second-order valence-corrected chi connectivity index (χ2v) is 6.03. The fraction of sp³-hybridized carbons (Fsp3) is 0.625. The summed E-state index contributed by atoms with van der Waals surface area (Å²) >= 11 is 0. The monoisotopic (exact) mass is 229 g/mol. The van der Waals surface area contributed by atoms with Crippen LogP contribution in [0, 0.1) is 5.92 Å². The Kier molecular flexibility index (Phi) is 2.85. The van der Waals surface area contributed by atoms with E-state index in [2.05, 4.69) is 37.4 Å². The van der Waals surface area contributed by atoms with Crippen molar-refractivity contribution in [3.63, 3.8) is 0 Å². The standard InChI is InChI=1S/C16H23N/c1-11(2)12-7-8-16-15(9-12)14-6-4-3-5-13(14)10-17-16/h7-9,11,13-14,17H,3-6,10H2,1-2H3. The second kappa shape index (κ2) is 4.36. The van der Waals surface area contributed by atoms with Gasteiger partial charge >= 0.3 is 0 Å². The zero-order chi connectivity index (χ0) is 11.8. The van der Waals surface area contributed by atoms with Gasteiger partial charge in [-0.3, -0.25) is 0 Å². The third-order valence-corrected chi connectivity index (χ3v) is 4.61. The van der Waals surface area contributed by atoms with Crippen molar-refractivity contribution in [2.75, 3.05) is 11.9 Å². The lowest BCUT2D eigenvalue weighted by Gasteiger charge is -2.38. The Hall–Kier alpha value is -0.980. The molecular formula is C16H23N. The van der Waals surface area contributed by atoms with Crippen molar-refractivity contribution in [2.45, 2.75) is 51.4 Å². The van der Waals surface area contributed by atoms with Crippen LogP contribution in [-0.4, -0.2) is 6.54 Å². The van der Waals surface area contributed by atoms with Gasteiger partial charge in [0.25, 0.3) is 0 Å². The Morgan fingerprint density at radius 1 is 1.18 bits per heavy atom. The van der Waals surface area contributed by atoms with Crippen LogP contribution >= 0.6 is 0 Å². The fourth-order valence-corrected chi connectivity index (χ4v) is 3.51. The van der Waals surface area contributed by atoms with Gasteiger partial charge in [0.1, 0.15) is 0 Å². The molecule has 2 atom stereocenters. The largest absolute Gasteiger partial charge is 0.385 e. The molecule has 1 aromatic rings. The molecule has 1 aromatic carbocycles. The molecule has 92 valence electrons. The summed E-state index contributed by atoms with van der Waals surface area (Å²) in [6.07, 6.45) is 5.68. The van der Waals surface area contributed by atoms with Gasteiger partial charge in [-0.25, -0.2) is 0 Å². The number of hydrogen-bond acceptors (Lipinski definition) is 1. The highest BCUT2D eigenvalue weighted by atomic mass is 14.9. The molecule has 3 rings (SSSR count). The maximum atomic E-state index is 3.63. The van der Waals surface area contributed by atoms with Crippen molar-refractivity contribution in [1.29, 1.82) is 0 Å². The average Bonchev–Trinajstić information content (AvgIpc) is 2.38. The van der Waals surface area contributed by atoms with Crippen LogP contribution in [0.5, 0.6) is 0 Å². The normalized spacial score (nSPS) is 27.2. The van der Waals surface area contributed by atoms with Crippen molar-refractivity contribution in [2.24, 2.45) is 5.92 Å². The molecule has 17 heavy (non-hydrogen) atoms. The molecule has 0 amide bonds. The van der Waals surface area contributed by atoms with Gasteiger partial charge in [-0.2, -0.15) is 0 Å². The van der Waals surface area contributed by atoms with E-state index in [1.165, 1.54) is 43.5 Å². The van der Waals surface area contributed by atoms with Gasteiger partial charge in [-0.1, -0.05) is 38.8 Å². The van der Waals surface area contributed by atoms with E-state index in [4.69, 9.17) is 0 Å². The lowest BCUT2D eigenvalue weighted by Crippen LogP contribution is -2.30. The smallest absolute Gasteiger partial charge is 0.0375 e. The van der Waals surface area contributed by atoms with Crippen molar-refractivity contribution >= 4 is 5.69 Å². The summed E-state index contributed by atoms with van der Waals surface area (Å²) in [6.45, 7) is 5.77. The lowest BCUT2D eigenvalue weighted by atomic mass is 9.72. The van der Waals surface area contributed by atoms with Crippen molar-refractivity contribution in [3.05, 3.63) is 29.3 Å². The topological polar surface area (TPSA) is 12.0 Å². The Bertz CT molecular complexity index is 408. The fourth-order valence-electron chi connectivity index (χ4n) is 3.51. The van der Waals surface area contributed by atoms with E-state index in [1.54, 1.807) is 5.56 Å². The molecule has 1 heterocycles. The maximum absolute atomic E-state index is 3.63. The molecular weight excluding hydrogens is 206 g/mol. The second-order valence-electron chi connectivity index (χ2n) is 6.03. The van der Waals surface area contributed by atoms with Crippen molar-refractivity contribution in [3.8, 4) is 0 Å². The maximum Gasteiger partial charge on any atom is 0.0375 e. The number of rotatable bonds is 1. The van der Waals surface area contributed by atoms with Crippen LogP contribution < -0.4 is 5.32 Å². The summed E-state index contributed by atoms with van der Waals surface area (Å²) in [5.41, 5.74) is 4.50. The Labute approximate surface area is 105 Å². The van der Waals surface area contributed by atoms with E-state index in [0.29, 0.717) is 5.92 Å². The molecule has 1 aliphatic heterocycles. The van der Waals surface area contributed by atoms with Gasteiger partial charge < -0.3 is 5.32 Å². The molecule has 1 aliphatic carbocycles.